The zero-order chi connectivity index (χ0) is 11.1. The Bertz CT molecular complexity index is 333. The predicted octanol–water partition coefficient (Wildman–Crippen LogP) is 1.29. The Balaban J connectivity index is 2.43. The maximum Gasteiger partial charge on any atom is 0.326 e. The lowest BCUT2D eigenvalue weighted by molar-refractivity contribution is -0.140. The van der Waals surface area contributed by atoms with Gasteiger partial charge in [0.25, 0.3) is 0 Å². The number of hydrogen-bond acceptors (Lipinski definition) is 3. The second-order valence-electron chi connectivity index (χ2n) is 3.17. The maximum absolute atomic E-state index is 11.0. The number of esters is 1. The first kappa shape index (κ1) is 11.5. The normalized spacial score (nSPS) is 12.7. The fourth-order valence-corrected chi connectivity index (χ4v) is 1.18. The van der Waals surface area contributed by atoms with Crippen LogP contribution >= 0.6 is 0 Å². The second-order valence-corrected chi connectivity index (χ2v) is 3.17. The molecule has 80 valence electrons. The van der Waals surface area contributed by atoms with Crippen LogP contribution in [0.25, 0.3) is 0 Å². The van der Waals surface area contributed by atoms with Crippen LogP contribution in [-0.4, -0.2) is 19.1 Å². The molecule has 1 aromatic rings. The summed E-state index contributed by atoms with van der Waals surface area (Å²) in [5, 5.41) is 0. The summed E-state index contributed by atoms with van der Waals surface area (Å²) in [5.74, 6) is -0.417. The molecule has 0 spiro atoms. The van der Waals surface area contributed by atoms with Crippen molar-refractivity contribution in [2.45, 2.75) is 12.5 Å². The van der Waals surface area contributed by atoms with Crippen molar-refractivity contribution < 1.29 is 9.53 Å². The van der Waals surface area contributed by atoms with Gasteiger partial charge < -0.3 is 10.5 Å². The quantitative estimate of drug-likeness (QED) is 0.595. The van der Waals surface area contributed by atoms with Crippen LogP contribution in [0.3, 0.4) is 0 Å². The average molecular weight is 205 g/mol. The summed E-state index contributed by atoms with van der Waals surface area (Å²) in [5.41, 5.74) is 6.72. The second kappa shape index (κ2) is 5.98. The average Bonchev–Trinajstić information content (AvgIpc) is 2.29. The van der Waals surface area contributed by atoms with Gasteiger partial charge >= 0.3 is 5.97 Å². The zero-order valence-corrected chi connectivity index (χ0v) is 8.72. The molecule has 1 atom stereocenters. The molecule has 0 aromatic heterocycles. The van der Waals surface area contributed by atoms with Crippen molar-refractivity contribution >= 4 is 5.97 Å². The van der Waals surface area contributed by atoms with Crippen molar-refractivity contribution in [3.8, 4) is 0 Å². The number of rotatable bonds is 4. The largest absolute Gasteiger partial charge is 0.468 e. The fraction of sp³-hybridized carbons (Fsp3) is 0.250. The number of hydrogen-bond donors (Lipinski definition) is 1. The third-order valence-electron chi connectivity index (χ3n) is 2.01. The molecule has 0 aliphatic heterocycles. The lowest BCUT2D eigenvalue weighted by Gasteiger charge is -2.02. The van der Waals surface area contributed by atoms with E-state index in [-0.39, 0.29) is 0 Å². The minimum absolute atomic E-state index is 0.417. The highest BCUT2D eigenvalue weighted by atomic mass is 16.5. The molecule has 0 fully saturated rings. The van der Waals surface area contributed by atoms with Crippen LogP contribution in [0.1, 0.15) is 5.56 Å². The monoisotopic (exact) mass is 205 g/mol. The van der Waals surface area contributed by atoms with E-state index in [2.05, 4.69) is 4.74 Å². The summed E-state index contributed by atoms with van der Waals surface area (Å²) < 4.78 is 4.50. The maximum atomic E-state index is 11.0. The first-order valence-electron chi connectivity index (χ1n) is 4.78. The molecule has 2 N–H and O–H groups in total. The van der Waals surface area contributed by atoms with Crippen LogP contribution in [0.4, 0.5) is 0 Å². The van der Waals surface area contributed by atoms with E-state index in [9.17, 15) is 4.79 Å². The van der Waals surface area contributed by atoms with Crippen LogP contribution < -0.4 is 5.73 Å². The summed E-state index contributed by atoms with van der Waals surface area (Å²) in [7, 11) is 1.33. The molecule has 15 heavy (non-hydrogen) atoms. The molecule has 0 amide bonds. The lowest BCUT2D eigenvalue weighted by Crippen LogP contribution is -2.29. The summed E-state index contributed by atoms with van der Waals surface area (Å²) in [6.45, 7) is 0. The van der Waals surface area contributed by atoms with Crippen LogP contribution in [0.15, 0.2) is 42.5 Å². The topological polar surface area (TPSA) is 52.3 Å². The minimum Gasteiger partial charge on any atom is -0.468 e. The number of benzene rings is 1. The van der Waals surface area contributed by atoms with Gasteiger partial charge in [-0.25, -0.2) is 0 Å². The van der Waals surface area contributed by atoms with Crippen molar-refractivity contribution in [2.24, 2.45) is 5.73 Å². The Morgan fingerprint density at radius 3 is 2.73 bits per heavy atom. The Morgan fingerprint density at radius 2 is 2.13 bits per heavy atom. The number of carbonyl (C=O) groups excluding carboxylic acids is 1. The van der Waals surface area contributed by atoms with Crippen molar-refractivity contribution in [1.82, 2.24) is 0 Å². The standard InChI is InChI=1S/C12H15NO2/c1-15-12(14)11(13)9-5-8-10-6-3-2-4-7-10/h2-7,9,11H,8,13H2,1H3. The van der Waals surface area contributed by atoms with E-state index in [1.54, 1.807) is 6.08 Å². The number of ether oxygens (including phenoxy) is 1. The van der Waals surface area contributed by atoms with Gasteiger partial charge in [-0.15, -0.1) is 0 Å². The van der Waals surface area contributed by atoms with Gasteiger partial charge in [0.1, 0.15) is 6.04 Å². The van der Waals surface area contributed by atoms with Gasteiger partial charge in [0.2, 0.25) is 0 Å². The molecule has 1 unspecified atom stereocenters. The van der Waals surface area contributed by atoms with Crippen molar-refractivity contribution in [3.63, 3.8) is 0 Å². The van der Waals surface area contributed by atoms with Crippen LogP contribution in [0.5, 0.6) is 0 Å². The summed E-state index contributed by atoms with van der Waals surface area (Å²) >= 11 is 0. The van der Waals surface area contributed by atoms with Gasteiger partial charge in [-0.2, -0.15) is 0 Å². The number of allylic oxidation sites excluding steroid dienone is 1. The van der Waals surface area contributed by atoms with E-state index in [0.717, 1.165) is 6.42 Å². The summed E-state index contributed by atoms with van der Waals surface area (Å²) in [4.78, 5) is 11.0. The lowest BCUT2D eigenvalue weighted by atomic mass is 10.1. The number of carbonyl (C=O) groups is 1. The zero-order valence-electron chi connectivity index (χ0n) is 8.72. The van der Waals surface area contributed by atoms with Crippen molar-refractivity contribution in [2.75, 3.05) is 7.11 Å². The van der Waals surface area contributed by atoms with Gasteiger partial charge in [-0.05, 0) is 12.0 Å². The van der Waals surface area contributed by atoms with Gasteiger partial charge in [-0.1, -0.05) is 42.5 Å². The molecular formula is C12H15NO2. The van der Waals surface area contributed by atoms with Gasteiger partial charge in [0.05, 0.1) is 7.11 Å². The van der Waals surface area contributed by atoms with E-state index in [1.807, 2.05) is 36.4 Å². The molecule has 0 aliphatic rings. The first-order chi connectivity index (χ1) is 7.24. The highest BCUT2D eigenvalue weighted by molar-refractivity contribution is 5.77. The SMILES string of the molecule is COC(=O)C(N)C=CCc1ccccc1. The minimum atomic E-state index is -0.668. The predicted molar refractivity (Wildman–Crippen MR) is 59.3 cm³/mol. The molecule has 0 heterocycles. The van der Waals surface area contributed by atoms with Gasteiger partial charge in [-0.3, -0.25) is 4.79 Å². The summed E-state index contributed by atoms with van der Waals surface area (Å²) in [6.07, 6.45) is 4.29. The van der Waals surface area contributed by atoms with E-state index in [1.165, 1.54) is 12.7 Å². The summed E-state index contributed by atoms with van der Waals surface area (Å²) in [6, 6.07) is 9.29. The highest BCUT2D eigenvalue weighted by Crippen LogP contribution is 2.00. The van der Waals surface area contributed by atoms with Gasteiger partial charge in [0.15, 0.2) is 0 Å². The Labute approximate surface area is 89.5 Å². The molecular weight excluding hydrogens is 190 g/mol. The molecule has 0 saturated heterocycles. The Hall–Kier alpha value is -1.61. The molecule has 0 bridgehead atoms. The molecule has 0 saturated carbocycles. The smallest absolute Gasteiger partial charge is 0.326 e. The van der Waals surface area contributed by atoms with Crippen LogP contribution in [0, 0.1) is 0 Å². The third kappa shape index (κ3) is 3.95. The number of nitrogens with two attached hydrogens (primary N) is 1. The molecule has 1 rings (SSSR count). The van der Waals surface area contributed by atoms with E-state index >= 15 is 0 Å². The molecule has 0 radical (unpaired) electrons. The van der Waals surface area contributed by atoms with Crippen LogP contribution in [0.2, 0.25) is 0 Å². The Morgan fingerprint density at radius 1 is 1.47 bits per heavy atom. The molecule has 3 heteroatoms. The van der Waals surface area contributed by atoms with E-state index < -0.39 is 12.0 Å². The third-order valence-corrected chi connectivity index (χ3v) is 2.01. The first-order valence-corrected chi connectivity index (χ1v) is 4.78. The van der Waals surface area contributed by atoms with E-state index in [4.69, 9.17) is 5.73 Å². The van der Waals surface area contributed by atoms with Crippen molar-refractivity contribution in [1.29, 1.82) is 0 Å². The fourth-order valence-electron chi connectivity index (χ4n) is 1.18. The van der Waals surface area contributed by atoms with E-state index in [0.29, 0.717) is 0 Å². The molecule has 1 aromatic carbocycles. The molecule has 3 nitrogen and oxygen atoms in total. The van der Waals surface area contributed by atoms with Gasteiger partial charge in [0, 0.05) is 0 Å². The number of methoxy groups -OCH3 is 1. The van der Waals surface area contributed by atoms with Crippen molar-refractivity contribution in [3.05, 3.63) is 48.0 Å². The highest BCUT2D eigenvalue weighted by Gasteiger charge is 2.08. The Kier molecular flexibility index (Phi) is 4.57. The molecule has 0 aliphatic carbocycles. The van der Waals surface area contributed by atoms with Crippen LogP contribution in [-0.2, 0) is 16.0 Å².